The molecule has 9 nitrogen and oxygen atoms in total. The molecule has 4 amide bonds. The zero-order valence-corrected chi connectivity index (χ0v) is 11.8. The first-order valence-electron chi connectivity index (χ1n) is 5.99. The van der Waals surface area contributed by atoms with E-state index < -0.39 is 24.5 Å². The Hall–Kier alpha value is -2.32. The van der Waals surface area contributed by atoms with Crippen molar-refractivity contribution in [2.45, 2.75) is 6.92 Å². The molecule has 0 aromatic carbocycles. The Balaban J connectivity index is 4.19. The van der Waals surface area contributed by atoms with Gasteiger partial charge in [-0.15, -0.1) is 0 Å². The van der Waals surface area contributed by atoms with Gasteiger partial charge in [0.1, 0.15) is 13.1 Å². The minimum Gasteiger partial charge on any atom is -0.480 e. The predicted octanol–water partition coefficient (Wildman–Crippen LogP) is -1.69. The van der Waals surface area contributed by atoms with Gasteiger partial charge in [0, 0.05) is 20.6 Å². The summed E-state index contributed by atoms with van der Waals surface area (Å²) in [5.74, 6) is -2.02. The van der Waals surface area contributed by atoms with Gasteiger partial charge in [0.25, 0.3) is 0 Å². The second-order valence-electron chi connectivity index (χ2n) is 4.13. The summed E-state index contributed by atoms with van der Waals surface area (Å²) in [6, 6.07) is -0.562. The van der Waals surface area contributed by atoms with Gasteiger partial charge in [0.05, 0.1) is 6.54 Å². The lowest BCUT2D eigenvalue weighted by Gasteiger charge is -2.22. The van der Waals surface area contributed by atoms with Crippen molar-refractivity contribution in [1.82, 2.24) is 20.4 Å². The average Bonchev–Trinajstić information content (AvgIpc) is 2.39. The molecule has 0 aromatic heterocycles. The quantitative estimate of drug-likeness (QED) is 0.516. The normalized spacial score (nSPS) is 9.55. The fourth-order valence-corrected chi connectivity index (χ4v) is 1.14. The summed E-state index contributed by atoms with van der Waals surface area (Å²) >= 11 is 0. The van der Waals surface area contributed by atoms with E-state index in [0.29, 0.717) is 6.54 Å². The maximum Gasteiger partial charge on any atom is 0.322 e. The minimum absolute atomic E-state index is 0.0912. The van der Waals surface area contributed by atoms with Crippen LogP contribution in [0.25, 0.3) is 0 Å². The number of carbonyl (C=O) groups excluding carboxylic acids is 3. The summed E-state index contributed by atoms with van der Waals surface area (Å²) in [5.41, 5.74) is 0. The third-order valence-electron chi connectivity index (χ3n) is 2.33. The molecule has 0 heterocycles. The Morgan fingerprint density at radius 1 is 1.05 bits per heavy atom. The first-order chi connectivity index (χ1) is 9.27. The first-order valence-corrected chi connectivity index (χ1v) is 5.99. The van der Waals surface area contributed by atoms with E-state index in [1.807, 2.05) is 0 Å². The highest BCUT2D eigenvalue weighted by molar-refractivity contribution is 5.88. The molecular weight excluding hydrogens is 268 g/mol. The molecule has 0 atom stereocenters. The number of aliphatic carboxylic acids is 1. The van der Waals surface area contributed by atoms with Crippen molar-refractivity contribution in [2.75, 3.05) is 40.3 Å². The number of carbonyl (C=O) groups is 4. The molecule has 0 radical (unpaired) electrons. The molecule has 0 aliphatic heterocycles. The van der Waals surface area contributed by atoms with Crippen molar-refractivity contribution < 1.29 is 24.3 Å². The third kappa shape index (κ3) is 7.19. The van der Waals surface area contributed by atoms with Crippen LogP contribution in [0.1, 0.15) is 6.92 Å². The molecule has 0 aliphatic rings. The number of nitrogens with one attached hydrogen (secondary N) is 2. The molecule has 0 fully saturated rings. The summed E-state index contributed by atoms with van der Waals surface area (Å²) in [7, 11) is 3.15. The van der Waals surface area contributed by atoms with Crippen LogP contribution in [0.3, 0.4) is 0 Å². The van der Waals surface area contributed by atoms with E-state index >= 15 is 0 Å². The van der Waals surface area contributed by atoms with Crippen LogP contribution in [0.15, 0.2) is 0 Å². The van der Waals surface area contributed by atoms with Crippen molar-refractivity contribution in [3.63, 3.8) is 0 Å². The standard InChI is InChI=1S/C11H20N4O5/c1-4-15(7-9(17)14(2)3)11(20)13-5-8(16)12-6-10(18)19/h4-7H2,1-3H3,(H,12,16)(H,13,20)(H,18,19). The van der Waals surface area contributed by atoms with Crippen molar-refractivity contribution in [3.8, 4) is 0 Å². The monoisotopic (exact) mass is 288 g/mol. The smallest absolute Gasteiger partial charge is 0.322 e. The van der Waals surface area contributed by atoms with Crippen molar-refractivity contribution in [2.24, 2.45) is 0 Å². The Labute approximate surface area is 116 Å². The van der Waals surface area contributed by atoms with Crippen LogP contribution >= 0.6 is 0 Å². The van der Waals surface area contributed by atoms with E-state index in [4.69, 9.17) is 5.11 Å². The number of likely N-dealkylation sites (N-methyl/N-ethyl adjacent to an activating group) is 2. The molecule has 0 spiro atoms. The van der Waals surface area contributed by atoms with Crippen LogP contribution in [-0.2, 0) is 14.4 Å². The number of rotatable bonds is 7. The molecule has 0 saturated carbocycles. The zero-order valence-electron chi connectivity index (χ0n) is 11.8. The van der Waals surface area contributed by atoms with E-state index in [0.717, 1.165) is 0 Å². The summed E-state index contributed by atoms with van der Waals surface area (Å²) < 4.78 is 0. The van der Waals surface area contributed by atoms with Crippen LogP contribution in [0, 0.1) is 0 Å². The lowest BCUT2D eigenvalue weighted by molar-refractivity contribution is -0.137. The molecule has 114 valence electrons. The van der Waals surface area contributed by atoms with Crippen molar-refractivity contribution in [3.05, 3.63) is 0 Å². The lowest BCUT2D eigenvalue weighted by atomic mass is 10.4. The molecule has 0 aliphatic carbocycles. The van der Waals surface area contributed by atoms with Crippen molar-refractivity contribution in [1.29, 1.82) is 0 Å². The third-order valence-corrected chi connectivity index (χ3v) is 2.33. The minimum atomic E-state index is -1.17. The maximum atomic E-state index is 11.7. The summed E-state index contributed by atoms with van der Waals surface area (Å²) in [6.45, 7) is 1.06. The van der Waals surface area contributed by atoms with Crippen LogP contribution in [-0.4, -0.2) is 79.0 Å². The number of carboxylic acids is 1. The molecule has 20 heavy (non-hydrogen) atoms. The number of amides is 4. The van der Waals surface area contributed by atoms with Gasteiger partial charge in [0.15, 0.2) is 0 Å². The second-order valence-corrected chi connectivity index (χ2v) is 4.13. The van der Waals surface area contributed by atoms with Gasteiger partial charge in [-0.2, -0.15) is 0 Å². The van der Waals surface area contributed by atoms with Gasteiger partial charge >= 0.3 is 12.0 Å². The maximum absolute atomic E-state index is 11.7. The molecule has 0 saturated heterocycles. The van der Waals surface area contributed by atoms with Gasteiger partial charge in [-0.25, -0.2) is 4.79 Å². The molecule has 9 heteroatoms. The van der Waals surface area contributed by atoms with E-state index in [9.17, 15) is 19.2 Å². The molecule has 0 bridgehead atoms. The predicted molar refractivity (Wildman–Crippen MR) is 70.0 cm³/mol. The van der Waals surface area contributed by atoms with Crippen LogP contribution < -0.4 is 10.6 Å². The highest BCUT2D eigenvalue weighted by atomic mass is 16.4. The fraction of sp³-hybridized carbons (Fsp3) is 0.636. The van der Waals surface area contributed by atoms with Gasteiger partial charge in [0.2, 0.25) is 11.8 Å². The highest BCUT2D eigenvalue weighted by Gasteiger charge is 2.17. The number of hydrogen-bond donors (Lipinski definition) is 3. The topological polar surface area (TPSA) is 119 Å². The lowest BCUT2D eigenvalue weighted by Crippen LogP contribution is -2.48. The summed E-state index contributed by atoms with van der Waals surface area (Å²) in [5, 5.41) is 12.8. The number of hydrogen-bond acceptors (Lipinski definition) is 4. The number of urea groups is 1. The Kier molecular flexibility index (Phi) is 7.71. The highest BCUT2D eigenvalue weighted by Crippen LogP contribution is 1.91. The Bertz CT molecular complexity index is 383. The average molecular weight is 288 g/mol. The van der Waals surface area contributed by atoms with Crippen LogP contribution in [0.5, 0.6) is 0 Å². The van der Waals surface area contributed by atoms with Crippen LogP contribution in [0.4, 0.5) is 4.79 Å². The van der Waals surface area contributed by atoms with Crippen molar-refractivity contribution >= 4 is 23.8 Å². The molecule has 3 N–H and O–H groups in total. The first kappa shape index (κ1) is 17.7. The number of nitrogens with zero attached hydrogens (tertiary/aromatic N) is 2. The van der Waals surface area contributed by atoms with E-state index in [2.05, 4.69) is 10.6 Å². The summed E-state index contributed by atoms with van der Waals surface area (Å²) in [4.78, 5) is 47.3. The zero-order chi connectivity index (χ0) is 15.7. The Morgan fingerprint density at radius 2 is 1.65 bits per heavy atom. The number of carboxylic acid groups (broad SMARTS) is 1. The van der Waals surface area contributed by atoms with Gasteiger partial charge in [-0.05, 0) is 6.92 Å². The second kappa shape index (κ2) is 8.73. The largest absolute Gasteiger partial charge is 0.480 e. The molecule has 0 rings (SSSR count). The van der Waals surface area contributed by atoms with E-state index in [1.165, 1.54) is 9.80 Å². The molecule has 0 aromatic rings. The van der Waals surface area contributed by atoms with Gasteiger partial charge in [-0.3, -0.25) is 14.4 Å². The fourth-order valence-electron chi connectivity index (χ4n) is 1.14. The summed E-state index contributed by atoms with van der Waals surface area (Å²) in [6.07, 6.45) is 0. The molecule has 0 unspecified atom stereocenters. The van der Waals surface area contributed by atoms with Gasteiger partial charge < -0.3 is 25.5 Å². The van der Waals surface area contributed by atoms with Gasteiger partial charge in [-0.1, -0.05) is 0 Å². The SMILES string of the molecule is CCN(CC(=O)N(C)C)C(=O)NCC(=O)NCC(=O)O. The van der Waals surface area contributed by atoms with E-state index in [-0.39, 0.29) is 19.0 Å². The van der Waals surface area contributed by atoms with E-state index in [1.54, 1.807) is 21.0 Å². The Morgan fingerprint density at radius 3 is 2.10 bits per heavy atom. The van der Waals surface area contributed by atoms with Crippen LogP contribution in [0.2, 0.25) is 0 Å². The molecular formula is C11H20N4O5.